The van der Waals surface area contributed by atoms with E-state index in [4.69, 9.17) is 14.0 Å². The van der Waals surface area contributed by atoms with Gasteiger partial charge in [0.05, 0.1) is 19.1 Å². The van der Waals surface area contributed by atoms with Gasteiger partial charge in [0.15, 0.2) is 6.61 Å². The Labute approximate surface area is 177 Å². The highest BCUT2D eigenvalue weighted by Gasteiger charge is 2.35. The third-order valence-corrected chi connectivity index (χ3v) is 5.09. The van der Waals surface area contributed by atoms with Crippen LogP contribution in [-0.2, 0) is 4.79 Å². The number of ether oxygens (including phenoxy) is 1. The second kappa shape index (κ2) is 7.94. The normalized spacial score (nSPS) is 15.8. The molecule has 0 bridgehead atoms. The van der Waals surface area contributed by atoms with Crippen molar-refractivity contribution < 1.29 is 18.8 Å². The van der Waals surface area contributed by atoms with Gasteiger partial charge in [-0.1, -0.05) is 17.0 Å². The summed E-state index contributed by atoms with van der Waals surface area (Å²) in [7, 11) is 1.62. The molecule has 1 amide bonds. The summed E-state index contributed by atoms with van der Waals surface area (Å²) in [4.78, 5) is 19.9. The smallest absolute Gasteiger partial charge is 0.284 e. The van der Waals surface area contributed by atoms with Gasteiger partial charge in [-0.2, -0.15) is 5.10 Å². The van der Waals surface area contributed by atoms with Crippen molar-refractivity contribution in [2.24, 2.45) is 5.10 Å². The Bertz CT molecular complexity index is 1230. The van der Waals surface area contributed by atoms with E-state index in [9.17, 15) is 4.79 Å². The summed E-state index contributed by atoms with van der Waals surface area (Å²) in [5.74, 6) is 1.10. The average molecular weight is 417 g/mol. The number of furan rings is 1. The molecule has 0 radical (unpaired) electrons. The quantitative estimate of drug-likeness (QED) is 0.479. The van der Waals surface area contributed by atoms with Crippen molar-refractivity contribution in [2.75, 3.05) is 13.7 Å². The second-order valence-corrected chi connectivity index (χ2v) is 6.97. The summed E-state index contributed by atoms with van der Waals surface area (Å²) in [5.41, 5.74) is 3.06. The molecule has 2 aromatic heterocycles. The fourth-order valence-electron chi connectivity index (χ4n) is 3.53. The van der Waals surface area contributed by atoms with E-state index in [0.29, 0.717) is 23.2 Å². The fourth-order valence-corrected chi connectivity index (χ4v) is 3.53. The minimum Gasteiger partial charge on any atom is -0.497 e. The lowest BCUT2D eigenvalue weighted by molar-refractivity contribution is -0.139. The number of rotatable bonds is 6. The van der Waals surface area contributed by atoms with E-state index in [1.165, 1.54) is 9.85 Å². The number of carbonyl (C=O) groups excluding carboxylic acids is 1. The average Bonchev–Trinajstić information content (AvgIpc) is 3.57. The minimum atomic E-state index is -0.351. The number of hydrogen-bond donors (Lipinski definition) is 0. The minimum absolute atomic E-state index is 0.246. The largest absolute Gasteiger partial charge is 0.497 e. The number of methoxy groups -OCH3 is 1. The van der Waals surface area contributed by atoms with Crippen LogP contribution in [0.1, 0.15) is 23.8 Å². The van der Waals surface area contributed by atoms with Crippen LogP contribution in [0.5, 0.6) is 5.75 Å². The van der Waals surface area contributed by atoms with E-state index in [2.05, 4.69) is 15.4 Å². The Kier molecular flexibility index (Phi) is 4.83. The first-order chi connectivity index (χ1) is 15.2. The Morgan fingerprint density at radius 3 is 2.74 bits per heavy atom. The predicted molar refractivity (Wildman–Crippen MR) is 111 cm³/mol. The van der Waals surface area contributed by atoms with Crippen LogP contribution in [0.15, 0.2) is 76.4 Å². The number of hydrazone groups is 1. The molecule has 1 aliphatic heterocycles. The predicted octanol–water partition coefficient (Wildman–Crippen LogP) is 2.84. The number of nitrogens with zero attached hydrogens (tertiary/aromatic N) is 5. The molecule has 0 fully saturated rings. The molecule has 9 nitrogen and oxygen atoms in total. The molecule has 1 aliphatic rings. The molecule has 1 atom stereocenters. The molecule has 0 spiro atoms. The van der Waals surface area contributed by atoms with E-state index in [1.54, 1.807) is 19.4 Å². The van der Waals surface area contributed by atoms with Gasteiger partial charge in [0, 0.05) is 6.42 Å². The van der Waals surface area contributed by atoms with Crippen LogP contribution < -0.4 is 9.57 Å². The maximum absolute atomic E-state index is 13.0. The molecule has 0 saturated carbocycles. The maximum Gasteiger partial charge on any atom is 0.284 e. The van der Waals surface area contributed by atoms with Gasteiger partial charge in [-0.15, -0.1) is 5.10 Å². The summed E-state index contributed by atoms with van der Waals surface area (Å²) in [6, 6.07) is 18.2. The summed E-state index contributed by atoms with van der Waals surface area (Å²) < 4.78 is 10.8. The van der Waals surface area contributed by atoms with Gasteiger partial charge in [-0.05, 0) is 59.3 Å². The van der Waals surface area contributed by atoms with Crippen LogP contribution in [0.25, 0.3) is 11.0 Å². The standard InChI is InChI=1S/C22H19N5O4/c1-29-16-10-8-15(9-11-16)18-13-20(21-7-4-12-30-21)26(24-18)22(28)14-31-27-19-6-3-2-5-17(19)23-25-27/h2-12,20H,13-14H2,1H3/t20-/m0/s1. The van der Waals surface area contributed by atoms with Crippen molar-refractivity contribution >= 4 is 22.7 Å². The molecule has 0 saturated heterocycles. The molecule has 0 N–H and O–H groups in total. The zero-order chi connectivity index (χ0) is 21.2. The Morgan fingerprint density at radius 2 is 1.97 bits per heavy atom. The topological polar surface area (TPSA) is 95.0 Å². The Balaban J connectivity index is 1.38. The lowest BCUT2D eigenvalue weighted by Gasteiger charge is -2.19. The highest BCUT2D eigenvalue weighted by atomic mass is 16.7. The number of hydrogen-bond acceptors (Lipinski definition) is 7. The summed E-state index contributed by atoms with van der Waals surface area (Å²) in [6.07, 6.45) is 2.11. The number of amides is 1. The van der Waals surface area contributed by atoms with Crippen molar-refractivity contribution in [3.63, 3.8) is 0 Å². The summed E-state index contributed by atoms with van der Waals surface area (Å²) >= 11 is 0. The number of aromatic nitrogens is 3. The zero-order valence-electron chi connectivity index (χ0n) is 16.7. The Morgan fingerprint density at radius 1 is 1.13 bits per heavy atom. The molecule has 0 aliphatic carbocycles. The number of fused-ring (bicyclic) bond motifs is 1. The van der Waals surface area contributed by atoms with Crippen molar-refractivity contribution in [1.29, 1.82) is 0 Å². The second-order valence-electron chi connectivity index (χ2n) is 6.97. The monoisotopic (exact) mass is 417 g/mol. The molecule has 5 rings (SSSR count). The number of benzene rings is 2. The van der Waals surface area contributed by atoms with Crippen molar-refractivity contribution in [3.05, 3.63) is 78.3 Å². The van der Waals surface area contributed by atoms with Crippen molar-refractivity contribution in [1.82, 2.24) is 20.2 Å². The number of para-hydroxylation sites is 1. The lowest BCUT2D eigenvalue weighted by Crippen LogP contribution is -2.33. The number of carbonyl (C=O) groups is 1. The van der Waals surface area contributed by atoms with Gasteiger partial charge < -0.3 is 14.0 Å². The molecule has 9 heteroatoms. The Hall–Kier alpha value is -4.14. The lowest BCUT2D eigenvalue weighted by atomic mass is 10.0. The molecule has 2 aromatic carbocycles. The van der Waals surface area contributed by atoms with Gasteiger partial charge in [0.25, 0.3) is 5.91 Å². The maximum atomic E-state index is 13.0. The van der Waals surface area contributed by atoms with Crippen LogP contribution in [0.2, 0.25) is 0 Å². The van der Waals surface area contributed by atoms with E-state index < -0.39 is 0 Å². The molecule has 31 heavy (non-hydrogen) atoms. The highest BCUT2D eigenvalue weighted by molar-refractivity contribution is 6.03. The third-order valence-electron chi connectivity index (χ3n) is 5.09. The fraction of sp³-hybridized carbons (Fsp3) is 0.182. The van der Waals surface area contributed by atoms with E-state index in [-0.39, 0.29) is 18.6 Å². The molecule has 156 valence electrons. The van der Waals surface area contributed by atoms with Crippen molar-refractivity contribution in [2.45, 2.75) is 12.5 Å². The highest BCUT2D eigenvalue weighted by Crippen LogP contribution is 2.33. The van der Waals surface area contributed by atoms with Gasteiger partial charge >= 0.3 is 0 Å². The molecular formula is C22H19N5O4. The first kappa shape index (κ1) is 18.9. The van der Waals surface area contributed by atoms with Crippen LogP contribution in [-0.4, -0.2) is 45.5 Å². The molecule has 0 unspecified atom stereocenters. The van der Waals surface area contributed by atoms with E-state index >= 15 is 0 Å². The molecular weight excluding hydrogens is 398 g/mol. The van der Waals surface area contributed by atoms with Crippen LogP contribution in [0.4, 0.5) is 0 Å². The third kappa shape index (κ3) is 3.61. The van der Waals surface area contributed by atoms with Gasteiger partial charge in [-0.3, -0.25) is 4.79 Å². The van der Waals surface area contributed by atoms with Crippen LogP contribution >= 0.6 is 0 Å². The first-order valence-electron chi connectivity index (χ1n) is 9.74. The van der Waals surface area contributed by atoms with Crippen molar-refractivity contribution in [3.8, 4) is 5.75 Å². The van der Waals surface area contributed by atoms with E-state index in [1.807, 2.05) is 54.6 Å². The summed E-state index contributed by atoms with van der Waals surface area (Å²) in [5, 5.41) is 14.0. The zero-order valence-corrected chi connectivity index (χ0v) is 16.7. The van der Waals surface area contributed by atoms with Crippen LogP contribution in [0, 0.1) is 0 Å². The van der Waals surface area contributed by atoms with Gasteiger partial charge in [0.1, 0.15) is 28.6 Å². The van der Waals surface area contributed by atoms with E-state index in [0.717, 1.165) is 17.0 Å². The summed E-state index contributed by atoms with van der Waals surface area (Å²) in [6.45, 7) is -0.246. The molecule has 3 heterocycles. The SMILES string of the molecule is COc1ccc(C2=NN(C(=O)COn3nnc4ccccc43)[C@H](c3ccco3)C2)cc1. The first-order valence-corrected chi connectivity index (χ1v) is 9.74. The van der Waals surface area contributed by atoms with Gasteiger partial charge in [-0.25, -0.2) is 5.01 Å². The van der Waals surface area contributed by atoms with Crippen LogP contribution in [0.3, 0.4) is 0 Å². The van der Waals surface area contributed by atoms with Gasteiger partial charge in [0.2, 0.25) is 0 Å². The molecule has 4 aromatic rings.